The largest absolute Gasteiger partial charge is 0.316 e. The fraction of sp³-hybridized carbons (Fsp3) is 0.333. The summed E-state index contributed by atoms with van der Waals surface area (Å²) in [5.41, 5.74) is 5.67. The van der Waals surface area contributed by atoms with Crippen molar-refractivity contribution in [2.75, 3.05) is 13.1 Å². The van der Waals surface area contributed by atoms with Gasteiger partial charge in [-0.25, -0.2) is 4.52 Å². The molecule has 0 amide bonds. The fourth-order valence-electron chi connectivity index (χ4n) is 3.22. The first-order valence-electron chi connectivity index (χ1n) is 7.93. The summed E-state index contributed by atoms with van der Waals surface area (Å²) in [6.07, 6.45) is 6.37. The molecule has 1 atom stereocenters. The molecule has 1 saturated heterocycles. The maximum atomic E-state index is 4.93. The van der Waals surface area contributed by atoms with E-state index in [2.05, 4.69) is 47.7 Å². The predicted molar refractivity (Wildman–Crippen MR) is 88.0 cm³/mol. The van der Waals surface area contributed by atoms with Gasteiger partial charge in [0.05, 0.1) is 17.4 Å². The highest BCUT2D eigenvalue weighted by molar-refractivity contribution is 5.78. The van der Waals surface area contributed by atoms with E-state index >= 15 is 0 Å². The number of hydrogen-bond donors (Lipinski definition) is 1. The average Bonchev–Trinajstić information content (AvgIpc) is 2.99. The summed E-state index contributed by atoms with van der Waals surface area (Å²) in [5.74, 6) is 0.525. The van der Waals surface area contributed by atoms with Crippen molar-refractivity contribution in [2.24, 2.45) is 0 Å². The lowest BCUT2D eigenvalue weighted by Gasteiger charge is -2.22. The second-order valence-corrected chi connectivity index (χ2v) is 6.08. The Kier molecular flexibility index (Phi) is 3.39. The summed E-state index contributed by atoms with van der Waals surface area (Å²) in [4.78, 5) is 4.93. The molecule has 0 bridgehead atoms. The Morgan fingerprint density at radius 3 is 3.09 bits per heavy atom. The minimum atomic E-state index is 0.525. The topological polar surface area (TPSA) is 42.2 Å². The molecule has 3 aromatic rings. The Hall–Kier alpha value is -2.20. The molecule has 3 aromatic heterocycles. The molecule has 1 aliphatic rings. The maximum Gasteiger partial charge on any atom is 0.0758 e. The van der Waals surface area contributed by atoms with Crippen LogP contribution >= 0.6 is 0 Å². The molecule has 0 aromatic carbocycles. The van der Waals surface area contributed by atoms with Crippen LogP contribution in [0.4, 0.5) is 0 Å². The van der Waals surface area contributed by atoms with E-state index in [1.807, 2.05) is 16.9 Å². The first-order valence-corrected chi connectivity index (χ1v) is 7.93. The Labute approximate surface area is 130 Å². The van der Waals surface area contributed by atoms with Gasteiger partial charge in [0, 0.05) is 29.9 Å². The van der Waals surface area contributed by atoms with E-state index in [0.29, 0.717) is 5.92 Å². The quantitative estimate of drug-likeness (QED) is 0.789. The van der Waals surface area contributed by atoms with Gasteiger partial charge in [0.2, 0.25) is 0 Å². The summed E-state index contributed by atoms with van der Waals surface area (Å²) in [6, 6.07) is 10.6. The zero-order chi connectivity index (χ0) is 14.9. The van der Waals surface area contributed by atoms with E-state index in [-0.39, 0.29) is 0 Å². The summed E-state index contributed by atoms with van der Waals surface area (Å²) >= 11 is 0. The molecule has 1 aliphatic heterocycles. The van der Waals surface area contributed by atoms with Crippen LogP contribution in [0.5, 0.6) is 0 Å². The first-order chi connectivity index (χ1) is 10.8. The molecule has 4 heteroatoms. The molecule has 22 heavy (non-hydrogen) atoms. The van der Waals surface area contributed by atoms with Gasteiger partial charge in [0.1, 0.15) is 0 Å². The lowest BCUT2D eigenvalue weighted by molar-refractivity contribution is 0.455. The van der Waals surface area contributed by atoms with E-state index in [1.54, 1.807) is 0 Å². The van der Waals surface area contributed by atoms with Crippen LogP contribution in [0.3, 0.4) is 0 Å². The van der Waals surface area contributed by atoms with Gasteiger partial charge >= 0.3 is 0 Å². The molecule has 112 valence electrons. The number of nitrogens with zero attached hydrogens (tertiary/aromatic N) is 3. The number of hydrogen-bond acceptors (Lipinski definition) is 3. The van der Waals surface area contributed by atoms with Crippen LogP contribution in [0.15, 0.2) is 42.7 Å². The lowest BCUT2D eigenvalue weighted by Crippen LogP contribution is -2.28. The molecule has 4 rings (SSSR count). The Bertz CT molecular complexity index is 800. The second-order valence-electron chi connectivity index (χ2n) is 6.08. The van der Waals surface area contributed by atoms with Crippen LogP contribution in [0.2, 0.25) is 0 Å². The van der Waals surface area contributed by atoms with E-state index in [1.165, 1.54) is 24.1 Å². The maximum absolute atomic E-state index is 4.93. The minimum absolute atomic E-state index is 0.525. The van der Waals surface area contributed by atoms with Gasteiger partial charge in [-0.1, -0.05) is 6.07 Å². The molecule has 0 radical (unpaired) electrons. The van der Waals surface area contributed by atoms with Crippen LogP contribution in [-0.2, 0) is 0 Å². The first kappa shape index (κ1) is 13.5. The standard InChI is InChI=1S/C18H20N4/c1-13-7-9-22-18(10-13)15(12-20-22)17-6-2-5-16(21-17)14-4-3-8-19-11-14/h2,5-7,9-10,12,14,19H,3-4,8,11H2,1H3/t14-/m1/s1. The number of pyridine rings is 2. The third kappa shape index (κ3) is 2.40. The second kappa shape index (κ2) is 5.54. The molecule has 1 fully saturated rings. The Morgan fingerprint density at radius 1 is 1.27 bits per heavy atom. The van der Waals surface area contributed by atoms with Gasteiger partial charge in [0.25, 0.3) is 0 Å². The van der Waals surface area contributed by atoms with Crippen LogP contribution in [0, 0.1) is 6.92 Å². The van der Waals surface area contributed by atoms with E-state index < -0.39 is 0 Å². The predicted octanol–water partition coefficient (Wildman–Crippen LogP) is 3.17. The smallest absolute Gasteiger partial charge is 0.0758 e. The minimum Gasteiger partial charge on any atom is -0.316 e. The highest BCUT2D eigenvalue weighted by Gasteiger charge is 2.17. The van der Waals surface area contributed by atoms with Crippen molar-refractivity contribution in [1.29, 1.82) is 0 Å². The highest BCUT2D eigenvalue weighted by atomic mass is 15.2. The monoisotopic (exact) mass is 292 g/mol. The van der Waals surface area contributed by atoms with Crippen LogP contribution < -0.4 is 5.32 Å². The van der Waals surface area contributed by atoms with Crippen molar-refractivity contribution < 1.29 is 0 Å². The van der Waals surface area contributed by atoms with Crippen LogP contribution in [-0.4, -0.2) is 27.7 Å². The van der Waals surface area contributed by atoms with Crippen LogP contribution in [0.25, 0.3) is 16.8 Å². The molecular formula is C18H20N4. The third-order valence-electron chi connectivity index (χ3n) is 4.44. The highest BCUT2D eigenvalue weighted by Crippen LogP contribution is 2.27. The SMILES string of the molecule is Cc1ccn2ncc(-c3cccc([C@@H]4CCCNC4)n3)c2c1. The summed E-state index contributed by atoms with van der Waals surface area (Å²) in [7, 11) is 0. The molecule has 0 aliphatic carbocycles. The van der Waals surface area contributed by atoms with Gasteiger partial charge in [-0.15, -0.1) is 0 Å². The summed E-state index contributed by atoms with van der Waals surface area (Å²) in [5, 5.41) is 7.91. The third-order valence-corrected chi connectivity index (χ3v) is 4.44. The fourth-order valence-corrected chi connectivity index (χ4v) is 3.22. The van der Waals surface area contributed by atoms with Crippen molar-refractivity contribution in [3.8, 4) is 11.3 Å². The summed E-state index contributed by atoms with van der Waals surface area (Å²) in [6.45, 7) is 4.27. The zero-order valence-corrected chi connectivity index (χ0v) is 12.8. The molecule has 1 N–H and O–H groups in total. The van der Waals surface area contributed by atoms with Crippen molar-refractivity contribution in [3.63, 3.8) is 0 Å². The zero-order valence-electron chi connectivity index (χ0n) is 12.8. The van der Waals surface area contributed by atoms with Gasteiger partial charge < -0.3 is 5.32 Å². The number of fused-ring (bicyclic) bond motifs is 1. The van der Waals surface area contributed by atoms with Gasteiger partial charge in [-0.3, -0.25) is 4.98 Å². The number of piperidine rings is 1. The van der Waals surface area contributed by atoms with E-state index in [4.69, 9.17) is 4.98 Å². The number of aryl methyl sites for hydroxylation is 1. The molecule has 0 spiro atoms. The molecule has 0 saturated carbocycles. The van der Waals surface area contributed by atoms with Crippen molar-refractivity contribution in [2.45, 2.75) is 25.7 Å². The van der Waals surface area contributed by atoms with E-state index in [0.717, 1.165) is 29.9 Å². The Balaban J connectivity index is 1.76. The van der Waals surface area contributed by atoms with Gasteiger partial charge in [-0.05, 0) is 56.1 Å². The molecule has 0 unspecified atom stereocenters. The van der Waals surface area contributed by atoms with Gasteiger partial charge in [-0.2, -0.15) is 5.10 Å². The molecule has 4 nitrogen and oxygen atoms in total. The van der Waals surface area contributed by atoms with Crippen molar-refractivity contribution in [1.82, 2.24) is 19.9 Å². The Morgan fingerprint density at radius 2 is 2.23 bits per heavy atom. The van der Waals surface area contributed by atoms with Crippen molar-refractivity contribution in [3.05, 3.63) is 54.0 Å². The number of rotatable bonds is 2. The van der Waals surface area contributed by atoms with E-state index in [9.17, 15) is 0 Å². The normalized spacial score (nSPS) is 18.7. The average molecular weight is 292 g/mol. The molecule has 4 heterocycles. The van der Waals surface area contributed by atoms with Gasteiger partial charge in [0.15, 0.2) is 0 Å². The number of nitrogens with one attached hydrogen (secondary N) is 1. The molecular weight excluding hydrogens is 272 g/mol. The summed E-state index contributed by atoms with van der Waals surface area (Å²) < 4.78 is 1.92. The van der Waals surface area contributed by atoms with Crippen LogP contribution in [0.1, 0.15) is 30.0 Å². The lowest BCUT2D eigenvalue weighted by atomic mass is 9.95. The van der Waals surface area contributed by atoms with Crippen molar-refractivity contribution >= 4 is 5.52 Å². The number of aromatic nitrogens is 3.